The first kappa shape index (κ1) is 13.3. The van der Waals surface area contributed by atoms with E-state index in [4.69, 9.17) is 9.15 Å². The van der Waals surface area contributed by atoms with E-state index in [2.05, 4.69) is 0 Å². The van der Waals surface area contributed by atoms with Crippen LogP contribution in [0.5, 0.6) is 0 Å². The van der Waals surface area contributed by atoms with Crippen LogP contribution >= 0.6 is 0 Å². The first-order chi connectivity index (χ1) is 7.48. The van der Waals surface area contributed by atoms with Gasteiger partial charge in [0.2, 0.25) is 0 Å². The maximum Gasteiger partial charge on any atom is 0.132 e. The van der Waals surface area contributed by atoms with Crippen LogP contribution in [0, 0.1) is 0 Å². The third kappa shape index (κ3) is 3.65. The topological polar surface area (TPSA) is 42.6 Å². The summed E-state index contributed by atoms with van der Waals surface area (Å²) in [4.78, 5) is 0. The second-order valence-electron chi connectivity index (χ2n) is 4.68. The van der Waals surface area contributed by atoms with Gasteiger partial charge in [-0.25, -0.2) is 0 Å². The van der Waals surface area contributed by atoms with E-state index in [0.717, 1.165) is 18.6 Å². The van der Waals surface area contributed by atoms with E-state index in [1.54, 1.807) is 7.11 Å². The van der Waals surface area contributed by atoms with Crippen molar-refractivity contribution in [2.75, 3.05) is 7.11 Å². The van der Waals surface area contributed by atoms with Crippen LogP contribution in [0.2, 0.25) is 0 Å². The minimum absolute atomic E-state index is 0.193. The zero-order chi connectivity index (χ0) is 12.2. The molecule has 0 fully saturated rings. The van der Waals surface area contributed by atoms with Gasteiger partial charge in [0.1, 0.15) is 17.6 Å². The van der Waals surface area contributed by atoms with Crippen LogP contribution < -0.4 is 0 Å². The van der Waals surface area contributed by atoms with Gasteiger partial charge in [0.05, 0.1) is 5.60 Å². The van der Waals surface area contributed by atoms with Gasteiger partial charge in [-0.1, -0.05) is 6.92 Å². The lowest BCUT2D eigenvalue weighted by atomic mass is 9.99. The molecule has 3 nitrogen and oxygen atoms in total. The molecule has 0 aliphatic rings. The number of aliphatic hydroxyl groups is 1. The fourth-order valence-corrected chi connectivity index (χ4v) is 1.49. The maximum absolute atomic E-state index is 9.94. The van der Waals surface area contributed by atoms with Gasteiger partial charge in [-0.15, -0.1) is 0 Å². The Morgan fingerprint density at radius 1 is 1.44 bits per heavy atom. The average Bonchev–Trinajstić information content (AvgIpc) is 2.74. The summed E-state index contributed by atoms with van der Waals surface area (Å²) in [5.74, 6) is 1.57. The van der Waals surface area contributed by atoms with Crippen molar-refractivity contribution in [1.29, 1.82) is 0 Å². The molecule has 0 amide bonds. The van der Waals surface area contributed by atoms with Crippen LogP contribution in [-0.2, 0) is 11.2 Å². The fraction of sp³-hybridized carbons (Fsp3) is 0.692. The average molecular weight is 226 g/mol. The number of ether oxygens (including phenoxy) is 1. The van der Waals surface area contributed by atoms with E-state index in [1.165, 1.54) is 0 Å². The van der Waals surface area contributed by atoms with Crippen molar-refractivity contribution in [3.63, 3.8) is 0 Å². The number of methoxy groups -OCH3 is 1. The van der Waals surface area contributed by atoms with Crippen molar-refractivity contribution < 1.29 is 14.3 Å². The van der Waals surface area contributed by atoms with Crippen molar-refractivity contribution in [2.24, 2.45) is 0 Å². The normalized spacial score (nSPS) is 14.1. The van der Waals surface area contributed by atoms with Crippen LogP contribution in [0.15, 0.2) is 16.5 Å². The Labute approximate surface area is 97.4 Å². The molecule has 1 N–H and O–H groups in total. The van der Waals surface area contributed by atoms with E-state index >= 15 is 0 Å². The second-order valence-corrected chi connectivity index (χ2v) is 4.68. The number of rotatable bonds is 6. The third-order valence-electron chi connectivity index (χ3n) is 2.93. The predicted molar refractivity (Wildman–Crippen MR) is 63.4 cm³/mol. The van der Waals surface area contributed by atoms with Crippen LogP contribution in [0.4, 0.5) is 0 Å². The molecular weight excluding hydrogens is 204 g/mol. The van der Waals surface area contributed by atoms with Crippen molar-refractivity contribution in [3.05, 3.63) is 23.7 Å². The summed E-state index contributed by atoms with van der Waals surface area (Å²) in [7, 11) is 1.69. The molecule has 1 unspecified atom stereocenters. The molecule has 1 aromatic rings. The quantitative estimate of drug-likeness (QED) is 0.810. The van der Waals surface area contributed by atoms with Gasteiger partial charge in [0.25, 0.3) is 0 Å². The minimum Gasteiger partial charge on any atom is -0.463 e. The zero-order valence-electron chi connectivity index (χ0n) is 10.6. The third-order valence-corrected chi connectivity index (χ3v) is 2.93. The zero-order valence-corrected chi connectivity index (χ0v) is 10.6. The molecule has 0 spiro atoms. The number of furan rings is 1. The highest BCUT2D eigenvalue weighted by molar-refractivity contribution is 5.09. The molecule has 1 atom stereocenters. The first-order valence-corrected chi connectivity index (χ1v) is 5.80. The lowest BCUT2D eigenvalue weighted by molar-refractivity contribution is 0.000690. The largest absolute Gasteiger partial charge is 0.463 e. The van der Waals surface area contributed by atoms with Gasteiger partial charge < -0.3 is 14.3 Å². The van der Waals surface area contributed by atoms with E-state index in [0.29, 0.717) is 12.2 Å². The predicted octanol–water partition coefficient (Wildman–Crippen LogP) is 3.08. The van der Waals surface area contributed by atoms with Crippen LogP contribution in [0.1, 0.15) is 51.2 Å². The highest BCUT2D eigenvalue weighted by Crippen LogP contribution is 2.25. The van der Waals surface area contributed by atoms with Gasteiger partial charge in [0.15, 0.2) is 0 Å². The summed E-state index contributed by atoms with van der Waals surface area (Å²) in [5.41, 5.74) is -0.193. The standard InChI is InChI=1S/C13H22O3/c1-5-10-6-7-12(16-10)11(14)8-9-13(2,3)15-4/h6-7,11,14H,5,8-9H2,1-4H3. The number of hydrogen-bond donors (Lipinski definition) is 1. The summed E-state index contributed by atoms with van der Waals surface area (Å²) in [5, 5.41) is 9.94. The Morgan fingerprint density at radius 2 is 2.12 bits per heavy atom. The highest BCUT2D eigenvalue weighted by Gasteiger charge is 2.20. The summed E-state index contributed by atoms with van der Waals surface area (Å²) in [6, 6.07) is 3.77. The fourth-order valence-electron chi connectivity index (χ4n) is 1.49. The molecule has 0 aromatic carbocycles. The van der Waals surface area contributed by atoms with E-state index < -0.39 is 6.10 Å². The SMILES string of the molecule is CCc1ccc(C(O)CCC(C)(C)OC)o1. The molecule has 1 rings (SSSR count). The molecule has 1 heterocycles. The Bertz CT molecular complexity index is 315. The van der Waals surface area contributed by atoms with Crippen molar-refractivity contribution in [2.45, 2.75) is 51.7 Å². The summed E-state index contributed by atoms with van der Waals surface area (Å²) < 4.78 is 10.8. The van der Waals surface area contributed by atoms with E-state index in [-0.39, 0.29) is 5.60 Å². The van der Waals surface area contributed by atoms with Gasteiger partial charge >= 0.3 is 0 Å². The molecule has 0 aliphatic heterocycles. The summed E-state index contributed by atoms with van der Waals surface area (Å²) in [6.45, 7) is 6.06. The molecule has 92 valence electrons. The number of aryl methyl sites for hydroxylation is 1. The molecule has 0 saturated carbocycles. The molecule has 16 heavy (non-hydrogen) atoms. The van der Waals surface area contributed by atoms with Gasteiger partial charge in [0, 0.05) is 13.5 Å². The Balaban J connectivity index is 2.49. The van der Waals surface area contributed by atoms with Crippen molar-refractivity contribution >= 4 is 0 Å². The van der Waals surface area contributed by atoms with Gasteiger partial charge in [-0.05, 0) is 38.8 Å². The van der Waals surface area contributed by atoms with Crippen molar-refractivity contribution in [1.82, 2.24) is 0 Å². The molecule has 1 aromatic heterocycles. The van der Waals surface area contributed by atoms with E-state index in [9.17, 15) is 5.11 Å². The minimum atomic E-state index is -0.533. The number of hydrogen-bond acceptors (Lipinski definition) is 3. The molecule has 0 saturated heterocycles. The maximum atomic E-state index is 9.94. The number of aliphatic hydroxyl groups excluding tert-OH is 1. The highest BCUT2D eigenvalue weighted by atomic mass is 16.5. The Morgan fingerprint density at radius 3 is 2.62 bits per heavy atom. The Kier molecular flexibility index (Phi) is 4.56. The van der Waals surface area contributed by atoms with Gasteiger partial charge in [-0.3, -0.25) is 0 Å². The van der Waals surface area contributed by atoms with E-state index in [1.807, 2.05) is 32.9 Å². The smallest absolute Gasteiger partial charge is 0.132 e. The lowest BCUT2D eigenvalue weighted by Gasteiger charge is -2.23. The van der Waals surface area contributed by atoms with Crippen LogP contribution in [0.3, 0.4) is 0 Å². The molecule has 3 heteroatoms. The molecule has 0 aliphatic carbocycles. The van der Waals surface area contributed by atoms with Crippen LogP contribution in [0.25, 0.3) is 0 Å². The summed E-state index contributed by atoms with van der Waals surface area (Å²) in [6.07, 6.45) is 1.77. The lowest BCUT2D eigenvalue weighted by Crippen LogP contribution is -2.23. The first-order valence-electron chi connectivity index (χ1n) is 5.80. The molecule has 0 radical (unpaired) electrons. The molecule has 0 bridgehead atoms. The Hall–Kier alpha value is -0.800. The second kappa shape index (κ2) is 5.51. The monoisotopic (exact) mass is 226 g/mol. The summed E-state index contributed by atoms with van der Waals surface area (Å²) >= 11 is 0. The van der Waals surface area contributed by atoms with Crippen LogP contribution in [-0.4, -0.2) is 17.8 Å². The van der Waals surface area contributed by atoms with Gasteiger partial charge in [-0.2, -0.15) is 0 Å². The molecular formula is C13H22O3. The van der Waals surface area contributed by atoms with Crippen molar-refractivity contribution in [3.8, 4) is 0 Å².